The van der Waals surface area contributed by atoms with Gasteiger partial charge >= 0.3 is 0 Å². The third-order valence-corrected chi connectivity index (χ3v) is 9.63. The van der Waals surface area contributed by atoms with E-state index in [1.165, 1.54) is 36.4 Å². The number of fused-ring (bicyclic) bond motifs is 1. The molecule has 40 heavy (non-hydrogen) atoms. The van der Waals surface area contributed by atoms with Crippen molar-refractivity contribution in [2.75, 3.05) is 75.5 Å². The second-order valence-electron chi connectivity index (χ2n) is 10.5. The lowest BCUT2D eigenvalue weighted by Gasteiger charge is -2.48. The number of aromatic nitrogens is 3. The first kappa shape index (κ1) is 29.1. The molecule has 1 unspecified atom stereocenters. The van der Waals surface area contributed by atoms with Crippen LogP contribution >= 0.6 is 11.3 Å². The zero-order valence-corrected chi connectivity index (χ0v) is 25.8. The highest BCUT2D eigenvalue weighted by molar-refractivity contribution is 7.85. The van der Waals surface area contributed by atoms with Gasteiger partial charge in [0.2, 0.25) is 11.8 Å². The van der Waals surface area contributed by atoms with E-state index in [1.807, 2.05) is 19.9 Å². The maximum absolute atomic E-state index is 12.0. The van der Waals surface area contributed by atoms with Crippen molar-refractivity contribution in [2.45, 2.75) is 40.2 Å². The number of morpholine rings is 1. The summed E-state index contributed by atoms with van der Waals surface area (Å²) >= 11 is 1.75. The second kappa shape index (κ2) is 12.6. The number of aryl methyl sites for hydroxylation is 1. The molecule has 0 radical (unpaired) electrons. The Bertz CT molecular complexity index is 1350. The highest BCUT2D eigenvalue weighted by Gasteiger charge is 2.39. The molecule has 0 aromatic carbocycles. The summed E-state index contributed by atoms with van der Waals surface area (Å²) in [5.41, 5.74) is 5.09. The Morgan fingerprint density at radius 3 is 2.52 bits per heavy atom. The van der Waals surface area contributed by atoms with E-state index in [1.54, 1.807) is 30.9 Å². The predicted octanol–water partition coefficient (Wildman–Crippen LogP) is 3.82. The van der Waals surface area contributed by atoms with Gasteiger partial charge in [-0.25, -0.2) is 19.2 Å². The highest BCUT2D eigenvalue weighted by atomic mass is 32.2. The van der Waals surface area contributed by atoms with Crippen LogP contribution in [0.15, 0.2) is 12.3 Å². The minimum Gasteiger partial charge on any atom is -0.480 e. The number of piperidine rings is 1. The monoisotopic (exact) mass is 587 g/mol. The molecule has 218 valence electrons. The van der Waals surface area contributed by atoms with E-state index in [0.717, 1.165) is 60.1 Å². The van der Waals surface area contributed by atoms with Crippen molar-refractivity contribution in [3.63, 3.8) is 0 Å². The number of rotatable bonds is 7. The van der Waals surface area contributed by atoms with Gasteiger partial charge in [-0.2, -0.15) is 0 Å². The molecule has 0 amide bonds. The molecule has 0 saturated carbocycles. The van der Waals surface area contributed by atoms with Crippen LogP contribution in [-0.4, -0.2) is 89.9 Å². The Morgan fingerprint density at radius 1 is 1.18 bits per heavy atom. The van der Waals surface area contributed by atoms with Crippen LogP contribution < -0.4 is 19.7 Å². The molecule has 10 nitrogen and oxygen atoms in total. The Balaban J connectivity index is 0.00000158. The van der Waals surface area contributed by atoms with Gasteiger partial charge in [-0.1, -0.05) is 13.8 Å². The topological polar surface area (TPSA) is 105 Å². The Kier molecular flexibility index (Phi) is 9.21. The van der Waals surface area contributed by atoms with Crippen molar-refractivity contribution in [3.05, 3.63) is 22.7 Å². The zero-order chi connectivity index (χ0) is 28.3. The van der Waals surface area contributed by atoms with E-state index in [2.05, 4.69) is 31.7 Å². The molecule has 3 aromatic rings. The molecule has 1 spiro atoms. The fourth-order valence-electron chi connectivity index (χ4n) is 5.62. The van der Waals surface area contributed by atoms with E-state index < -0.39 is 11.0 Å². The van der Waals surface area contributed by atoms with Crippen LogP contribution in [0.3, 0.4) is 0 Å². The van der Waals surface area contributed by atoms with E-state index in [0.29, 0.717) is 30.2 Å². The summed E-state index contributed by atoms with van der Waals surface area (Å²) in [6.45, 7) is 14.5. The minimum atomic E-state index is -1.27. The van der Waals surface area contributed by atoms with E-state index in [9.17, 15) is 4.21 Å². The van der Waals surface area contributed by atoms with Crippen molar-refractivity contribution in [2.24, 2.45) is 5.41 Å². The molecule has 0 aliphatic carbocycles. The van der Waals surface area contributed by atoms with Gasteiger partial charge < -0.3 is 24.4 Å². The zero-order valence-electron chi connectivity index (χ0n) is 24.2. The van der Waals surface area contributed by atoms with Crippen LogP contribution in [0.25, 0.3) is 21.5 Å². The number of nitrogens with zero attached hydrogens (tertiary/aromatic N) is 5. The average molecular weight is 588 g/mol. The van der Waals surface area contributed by atoms with Gasteiger partial charge in [0.15, 0.2) is 0 Å². The molecular weight excluding hydrogens is 546 g/mol. The first-order valence-electron chi connectivity index (χ1n) is 14.1. The largest absolute Gasteiger partial charge is 0.480 e. The van der Waals surface area contributed by atoms with Crippen molar-refractivity contribution in [3.8, 4) is 17.1 Å². The number of pyridine rings is 1. The molecule has 3 fully saturated rings. The summed E-state index contributed by atoms with van der Waals surface area (Å²) in [4.78, 5) is 20.8. The molecule has 3 aliphatic heterocycles. The summed E-state index contributed by atoms with van der Waals surface area (Å²) in [5, 5.41) is 3.46. The number of nitrogens with one attached hydrogen (secondary N) is 2. The summed E-state index contributed by atoms with van der Waals surface area (Å²) in [6, 6.07) is 1.92. The van der Waals surface area contributed by atoms with Crippen molar-refractivity contribution >= 4 is 44.2 Å². The summed E-state index contributed by atoms with van der Waals surface area (Å²) in [5.74, 6) is 1.12. The SMILES string of the molecule is CC.COc1ncc(-c2nc(N3CCOCC3)nc3c(CN4CCC5(CC4)CNC5)c(C)sc23)cc1NS(C)=O. The molecular formula is C28H41N7O3S2. The fourth-order valence-corrected chi connectivity index (χ4v) is 7.19. The maximum Gasteiger partial charge on any atom is 0.238 e. The third kappa shape index (κ3) is 5.96. The number of thiophene rings is 1. The lowest BCUT2D eigenvalue weighted by atomic mass is 9.73. The van der Waals surface area contributed by atoms with Crippen LogP contribution in [0.5, 0.6) is 5.88 Å². The lowest BCUT2D eigenvalue weighted by Crippen LogP contribution is -2.58. The normalized spacial score (nSPS) is 19.6. The van der Waals surface area contributed by atoms with E-state index in [4.69, 9.17) is 19.4 Å². The van der Waals surface area contributed by atoms with Gasteiger partial charge in [-0.3, -0.25) is 4.90 Å². The Hall–Kier alpha value is -2.38. The van der Waals surface area contributed by atoms with Crippen LogP contribution in [0.1, 0.15) is 37.1 Å². The van der Waals surface area contributed by atoms with Crippen LogP contribution in [0.4, 0.5) is 11.6 Å². The van der Waals surface area contributed by atoms with Crippen molar-refractivity contribution < 1.29 is 13.7 Å². The van der Waals surface area contributed by atoms with Crippen LogP contribution in [0, 0.1) is 12.3 Å². The van der Waals surface area contributed by atoms with Gasteiger partial charge in [0.25, 0.3) is 0 Å². The van der Waals surface area contributed by atoms with Crippen molar-refractivity contribution in [1.82, 2.24) is 25.2 Å². The lowest BCUT2D eigenvalue weighted by molar-refractivity contribution is 0.0521. The average Bonchev–Trinajstić information content (AvgIpc) is 3.28. The summed E-state index contributed by atoms with van der Waals surface area (Å²) in [6.07, 6.45) is 5.88. The van der Waals surface area contributed by atoms with Gasteiger partial charge in [0, 0.05) is 61.2 Å². The molecule has 3 aliphatic rings. The quantitative estimate of drug-likeness (QED) is 0.427. The summed E-state index contributed by atoms with van der Waals surface area (Å²) < 4.78 is 27.0. The number of ether oxygens (including phenoxy) is 2. The fraction of sp³-hybridized carbons (Fsp3) is 0.607. The number of hydrogen-bond acceptors (Lipinski definition) is 10. The van der Waals surface area contributed by atoms with Crippen LogP contribution in [0.2, 0.25) is 0 Å². The minimum absolute atomic E-state index is 0.398. The first-order valence-corrected chi connectivity index (χ1v) is 16.5. The third-order valence-electron chi connectivity index (χ3n) is 7.98. The highest BCUT2D eigenvalue weighted by Crippen LogP contribution is 2.41. The molecule has 6 heterocycles. The predicted molar refractivity (Wildman–Crippen MR) is 164 cm³/mol. The smallest absolute Gasteiger partial charge is 0.238 e. The summed E-state index contributed by atoms with van der Waals surface area (Å²) in [7, 11) is 0.293. The Labute approximate surface area is 243 Å². The van der Waals surface area contributed by atoms with Gasteiger partial charge in [-0.05, 0) is 44.3 Å². The molecule has 2 N–H and O–H groups in total. The van der Waals surface area contributed by atoms with E-state index >= 15 is 0 Å². The first-order chi connectivity index (χ1) is 19.4. The van der Waals surface area contributed by atoms with E-state index in [-0.39, 0.29) is 0 Å². The standard InChI is InChI=1S/C26H35N7O3S2.C2H6/c1-17-19(14-32-6-4-26(5-7-32)15-27-16-26)22-23(37-17)21(29-25(30-22)33-8-10-36-11-9-33)18-12-20(31-38(3)34)24(35-2)28-13-18;1-2/h12-13,27,31H,4-11,14-16H2,1-3H3;1-2H3. The van der Waals surface area contributed by atoms with Crippen molar-refractivity contribution in [1.29, 1.82) is 0 Å². The molecule has 1 atom stereocenters. The molecule has 0 bridgehead atoms. The van der Waals surface area contributed by atoms with Crippen LogP contribution in [-0.2, 0) is 22.3 Å². The number of likely N-dealkylation sites (tertiary alicyclic amines) is 1. The number of hydrogen-bond donors (Lipinski definition) is 2. The molecule has 3 aromatic heterocycles. The van der Waals surface area contributed by atoms with Gasteiger partial charge in [0.1, 0.15) is 16.7 Å². The molecule has 12 heteroatoms. The maximum atomic E-state index is 12.0. The second-order valence-corrected chi connectivity index (χ2v) is 12.8. The van der Waals surface area contributed by atoms with Gasteiger partial charge in [-0.15, -0.1) is 11.3 Å². The molecule has 6 rings (SSSR count). The number of methoxy groups -OCH3 is 1. The number of anilines is 2. The molecule has 3 saturated heterocycles. The Morgan fingerprint density at radius 2 is 1.90 bits per heavy atom. The van der Waals surface area contributed by atoms with Gasteiger partial charge in [0.05, 0.1) is 36.2 Å².